The van der Waals surface area contributed by atoms with Crippen LogP contribution in [0.15, 0.2) is 64.0 Å². The fraction of sp³-hybridized carbons (Fsp3) is 0.304. The van der Waals surface area contributed by atoms with Gasteiger partial charge in [-0.05, 0) is 31.5 Å². The van der Waals surface area contributed by atoms with E-state index < -0.39 is 0 Å². The Morgan fingerprint density at radius 2 is 1.83 bits per heavy atom. The molecule has 1 aromatic heterocycles. The molecule has 29 heavy (non-hydrogen) atoms. The van der Waals surface area contributed by atoms with Crippen LogP contribution in [-0.2, 0) is 9.53 Å². The molecule has 1 amide bonds. The number of carbonyl (C=O) groups is 1. The van der Waals surface area contributed by atoms with Crippen molar-refractivity contribution >= 4 is 16.9 Å². The van der Waals surface area contributed by atoms with Crippen molar-refractivity contribution in [2.24, 2.45) is 0 Å². The maximum absolute atomic E-state index is 12.8. The third kappa shape index (κ3) is 4.17. The van der Waals surface area contributed by atoms with Crippen LogP contribution in [0.5, 0.6) is 5.75 Å². The highest BCUT2D eigenvalue weighted by molar-refractivity contribution is 5.83. The Balaban J connectivity index is 1.49. The highest BCUT2D eigenvalue weighted by Crippen LogP contribution is 2.23. The van der Waals surface area contributed by atoms with E-state index in [4.69, 9.17) is 13.9 Å². The standard InChI is InChI=1S/C23H23NO5/c1-15-11-24(12-16(2)29-15)22(25)14-27-18-8-9-19-21(10-18)28-13-20(23(19)26)17-6-4-3-5-7-17/h3-10,13,15-16H,11-12,14H2,1-2H3. The van der Waals surface area contributed by atoms with Gasteiger partial charge in [0.2, 0.25) is 0 Å². The summed E-state index contributed by atoms with van der Waals surface area (Å²) in [6, 6.07) is 14.4. The molecule has 3 aromatic rings. The van der Waals surface area contributed by atoms with Crippen LogP contribution in [0.1, 0.15) is 13.8 Å². The van der Waals surface area contributed by atoms with Crippen LogP contribution in [0.25, 0.3) is 22.1 Å². The molecule has 0 saturated carbocycles. The zero-order chi connectivity index (χ0) is 20.4. The number of ether oxygens (including phenoxy) is 2. The topological polar surface area (TPSA) is 69.0 Å². The molecule has 2 atom stereocenters. The van der Waals surface area contributed by atoms with Gasteiger partial charge in [-0.3, -0.25) is 9.59 Å². The fourth-order valence-corrected chi connectivity index (χ4v) is 3.63. The van der Waals surface area contributed by atoms with E-state index in [9.17, 15) is 9.59 Å². The summed E-state index contributed by atoms with van der Waals surface area (Å²) in [6.07, 6.45) is 1.48. The van der Waals surface area contributed by atoms with Gasteiger partial charge in [0.1, 0.15) is 17.6 Å². The summed E-state index contributed by atoms with van der Waals surface area (Å²) in [4.78, 5) is 27.0. The lowest BCUT2D eigenvalue weighted by molar-refractivity contribution is -0.145. The summed E-state index contributed by atoms with van der Waals surface area (Å²) < 4.78 is 17.0. The molecule has 1 aliphatic rings. The highest BCUT2D eigenvalue weighted by atomic mass is 16.5. The van der Waals surface area contributed by atoms with E-state index >= 15 is 0 Å². The van der Waals surface area contributed by atoms with E-state index in [1.165, 1.54) is 6.26 Å². The smallest absolute Gasteiger partial charge is 0.260 e. The van der Waals surface area contributed by atoms with Crippen molar-refractivity contribution in [2.75, 3.05) is 19.7 Å². The first-order valence-corrected chi connectivity index (χ1v) is 9.68. The zero-order valence-electron chi connectivity index (χ0n) is 16.5. The van der Waals surface area contributed by atoms with Crippen LogP contribution in [0.3, 0.4) is 0 Å². The van der Waals surface area contributed by atoms with Crippen molar-refractivity contribution in [2.45, 2.75) is 26.1 Å². The van der Waals surface area contributed by atoms with Crippen LogP contribution in [-0.4, -0.2) is 42.7 Å². The molecule has 4 rings (SSSR count). The Hall–Kier alpha value is -3.12. The maximum atomic E-state index is 12.8. The predicted octanol–water partition coefficient (Wildman–Crippen LogP) is 3.47. The molecule has 0 radical (unpaired) electrons. The van der Waals surface area contributed by atoms with Crippen LogP contribution in [0, 0.1) is 0 Å². The molecule has 1 fully saturated rings. The van der Waals surface area contributed by atoms with E-state index in [1.807, 2.05) is 44.2 Å². The van der Waals surface area contributed by atoms with Crippen LogP contribution < -0.4 is 10.2 Å². The van der Waals surface area contributed by atoms with Gasteiger partial charge >= 0.3 is 0 Å². The molecule has 2 aromatic carbocycles. The Morgan fingerprint density at radius 1 is 1.10 bits per heavy atom. The molecule has 2 unspecified atom stereocenters. The molecule has 150 valence electrons. The first kappa shape index (κ1) is 19.2. The zero-order valence-corrected chi connectivity index (χ0v) is 16.5. The van der Waals surface area contributed by atoms with E-state index in [2.05, 4.69) is 0 Å². The molecule has 6 heteroatoms. The van der Waals surface area contributed by atoms with Gasteiger partial charge in [-0.1, -0.05) is 30.3 Å². The Labute approximate surface area is 168 Å². The van der Waals surface area contributed by atoms with Crippen molar-refractivity contribution < 1.29 is 18.7 Å². The second-order valence-corrected chi connectivity index (χ2v) is 7.35. The number of fused-ring (bicyclic) bond motifs is 1. The maximum Gasteiger partial charge on any atom is 0.260 e. The van der Waals surface area contributed by atoms with Gasteiger partial charge in [0.15, 0.2) is 12.0 Å². The lowest BCUT2D eigenvalue weighted by Crippen LogP contribution is -2.49. The molecular formula is C23H23NO5. The first-order chi connectivity index (χ1) is 14.0. The van der Waals surface area contributed by atoms with Crippen molar-refractivity contribution in [1.82, 2.24) is 4.90 Å². The van der Waals surface area contributed by atoms with E-state index in [-0.39, 0.29) is 30.2 Å². The molecular weight excluding hydrogens is 370 g/mol. The van der Waals surface area contributed by atoms with Crippen molar-refractivity contribution in [1.29, 1.82) is 0 Å². The summed E-state index contributed by atoms with van der Waals surface area (Å²) in [5.74, 6) is 0.392. The monoisotopic (exact) mass is 393 g/mol. The van der Waals surface area contributed by atoms with Gasteiger partial charge in [-0.2, -0.15) is 0 Å². The van der Waals surface area contributed by atoms with Gasteiger partial charge in [0.25, 0.3) is 5.91 Å². The van der Waals surface area contributed by atoms with Gasteiger partial charge in [0.05, 0.1) is 23.2 Å². The van der Waals surface area contributed by atoms with Crippen molar-refractivity contribution in [3.63, 3.8) is 0 Å². The average molecular weight is 393 g/mol. The normalized spacial score (nSPS) is 19.3. The Bertz CT molecular complexity index is 1070. The van der Waals surface area contributed by atoms with Gasteiger partial charge < -0.3 is 18.8 Å². The lowest BCUT2D eigenvalue weighted by Gasteiger charge is -2.35. The van der Waals surface area contributed by atoms with Crippen molar-refractivity contribution in [3.05, 3.63) is 65.0 Å². The number of nitrogens with zero attached hydrogens (tertiary/aromatic N) is 1. The number of hydrogen-bond donors (Lipinski definition) is 0. The fourth-order valence-electron chi connectivity index (χ4n) is 3.63. The third-order valence-corrected chi connectivity index (χ3v) is 4.97. The molecule has 0 N–H and O–H groups in total. The van der Waals surface area contributed by atoms with Crippen LogP contribution >= 0.6 is 0 Å². The van der Waals surface area contributed by atoms with Gasteiger partial charge in [-0.15, -0.1) is 0 Å². The molecule has 0 spiro atoms. The minimum atomic E-state index is -0.101. The first-order valence-electron chi connectivity index (χ1n) is 9.68. The highest BCUT2D eigenvalue weighted by Gasteiger charge is 2.26. The van der Waals surface area contributed by atoms with Crippen molar-refractivity contribution in [3.8, 4) is 16.9 Å². The number of morpholine rings is 1. The Kier molecular flexibility index (Phi) is 5.36. The van der Waals surface area contributed by atoms with Crippen LogP contribution in [0.4, 0.5) is 0 Å². The number of amides is 1. The molecule has 0 bridgehead atoms. The molecule has 1 saturated heterocycles. The summed E-state index contributed by atoms with van der Waals surface area (Å²) in [5, 5.41) is 0.473. The molecule has 6 nitrogen and oxygen atoms in total. The molecule has 1 aliphatic heterocycles. The van der Waals surface area contributed by atoms with Crippen LogP contribution in [0.2, 0.25) is 0 Å². The Morgan fingerprint density at radius 3 is 2.55 bits per heavy atom. The number of carbonyl (C=O) groups excluding carboxylic acids is 1. The molecule has 2 heterocycles. The minimum Gasteiger partial charge on any atom is -0.484 e. The number of hydrogen-bond acceptors (Lipinski definition) is 5. The van der Waals surface area contributed by atoms with Gasteiger partial charge in [-0.25, -0.2) is 0 Å². The summed E-state index contributed by atoms with van der Waals surface area (Å²) in [6.45, 7) is 4.94. The quantitative estimate of drug-likeness (QED) is 0.679. The summed E-state index contributed by atoms with van der Waals surface area (Å²) in [5.41, 5.74) is 1.64. The largest absolute Gasteiger partial charge is 0.484 e. The minimum absolute atomic E-state index is 0.0106. The third-order valence-electron chi connectivity index (χ3n) is 4.97. The van der Waals surface area contributed by atoms with Gasteiger partial charge in [0, 0.05) is 19.2 Å². The lowest BCUT2D eigenvalue weighted by atomic mass is 10.1. The second-order valence-electron chi connectivity index (χ2n) is 7.35. The van der Waals surface area contributed by atoms with E-state index in [0.717, 1.165) is 5.56 Å². The average Bonchev–Trinajstić information content (AvgIpc) is 2.72. The SMILES string of the molecule is CC1CN(C(=O)COc2ccc3c(=O)c(-c4ccccc4)coc3c2)CC(C)O1. The second kappa shape index (κ2) is 8.09. The number of rotatable bonds is 4. The number of benzene rings is 2. The molecule has 0 aliphatic carbocycles. The van der Waals surface area contributed by atoms with E-state index in [0.29, 0.717) is 35.4 Å². The predicted molar refractivity (Wildman–Crippen MR) is 110 cm³/mol. The summed E-state index contributed by atoms with van der Waals surface area (Å²) in [7, 11) is 0. The summed E-state index contributed by atoms with van der Waals surface area (Å²) >= 11 is 0. The van der Waals surface area contributed by atoms with E-state index in [1.54, 1.807) is 23.1 Å².